The Kier molecular flexibility index (Phi) is 3.85. The van der Waals surface area contributed by atoms with Gasteiger partial charge in [-0.3, -0.25) is 4.90 Å². The first-order valence-electron chi connectivity index (χ1n) is 5.06. The molecule has 5 nitrogen and oxygen atoms in total. The molecule has 0 aliphatic carbocycles. The summed E-state index contributed by atoms with van der Waals surface area (Å²) >= 11 is 0. The number of likely N-dealkylation sites (tertiary alicyclic amines) is 1. The number of aliphatic imine (C=N–C) groups is 1. The van der Waals surface area contributed by atoms with E-state index in [0.717, 1.165) is 18.5 Å². The molecule has 0 bridgehead atoms. The number of hydrogen-bond acceptors (Lipinski definition) is 3. The maximum atomic E-state index is 10.8. The van der Waals surface area contributed by atoms with Crippen LogP contribution in [-0.4, -0.2) is 35.8 Å². The van der Waals surface area contributed by atoms with Gasteiger partial charge in [0.15, 0.2) is 0 Å². The molecular weight excluding hydrogens is 192 g/mol. The lowest BCUT2D eigenvalue weighted by Gasteiger charge is -2.32. The summed E-state index contributed by atoms with van der Waals surface area (Å²) in [5.41, 5.74) is 12.1. The number of carbonyl (C=O) groups is 1. The fourth-order valence-corrected chi connectivity index (χ4v) is 1.64. The molecule has 4 N–H and O–H groups in total. The van der Waals surface area contributed by atoms with Crippen molar-refractivity contribution in [1.82, 2.24) is 4.90 Å². The molecule has 0 aromatic heterocycles. The highest BCUT2D eigenvalue weighted by molar-refractivity contribution is 6.07. The summed E-state index contributed by atoms with van der Waals surface area (Å²) in [6, 6.07) is -0.225. The Morgan fingerprint density at radius 3 is 2.73 bits per heavy atom. The van der Waals surface area contributed by atoms with Crippen LogP contribution < -0.4 is 11.5 Å². The van der Waals surface area contributed by atoms with E-state index in [0.29, 0.717) is 18.3 Å². The highest BCUT2D eigenvalue weighted by Gasteiger charge is 2.21. The van der Waals surface area contributed by atoms with E-state index in [4.69, 9.17) is 11.5 Å². The molecule has 0 atom stereocenters. The van der Waals surface area contributed by atoms with Gasteiger partial charge in [0.25, 0.3) is 0 Å². The molecule has 1 heterocycles. The van der Waals surface area contributed by atoms with Gasteiger partial charge < -0.3 is 11.5 Å². The quantitative estimate of drug-likeness (QED) is 0.659. The van der Waals surface area contributed by atoms with Gasteiger partial charge in [-0.1, -0.05) is 0 Å². The Morgan fingerprint density at radius 2 is 2.27 bits per heavy atom. The van der Waals surface area contributed by atoms with Crippen LogP contribution in [0.25, 0.3) is 0 Å². The summed E-state index contributed by atoms with van der Waals surface area (Å²) in [7, 11) is 0. The molecule has 0 aromatic carbocycles. The predicted octanol–water partition coefficient (Wildman–Crippen LogP) is 0.463. The smallest absolute Gasteiger partial charge is 0.338 e. The molecular formula is C10H18N4O. The lowest BCUT2D eigenvalue weighted by Crippen LogP contribution is -2.42. The molecule has 1 aliphatic rings. The lowest BCUT2D eigenvalue weighted by atomic mass is 10.0. The van der Waals surface area contributed by atoms with E-state index >= 15 is 0 Å². The zero-order valence-electron chi connectivity index (χ0n) is 9.23. The van der Waals surface area contributed by atoms with Crippen LogP contribution in [0.5, 0.6) is 0 Å². The van der Waals surface area contributed by atoms with E-state index in [1.807, 2.05) is 0 Å². The Morgan fingerprint density at radius 1 is 1.60 bits per heavy atom. The average Bonchev–Trinajstić information content (AvgIpc) is 2.16. The second-order valence-corrected chi connectivity index (χ2v) is 3.90. The number of nitrogens with two attached hydrogens (primary N) is 2. The summed E-state index contributed by atoms with van der Waals surface area (Å²) in [5, 5.41) is 0. The van der Waals surface area contributed by atoms with Gasteiger partial charge in [0.2, 0.25) is 0 Å². The third kappa shape index (κ3) is 3.06. The first kappa shape index (κ1) is 11.7. The van der Waals surface area contributed by atoms with Gasteiger partial charge in [0.1, 0.15) is 0 Å². The van der Waals surface area contributed by atoms with Gasteiger partial charge in [0, 0.05) is 19.1 Å². The maximum Gasteiger partial charge on any atom is 0.338 e. The van der Waals surface area contributed by atoms with Crippen LogP contribution in [0.4, 0.5) is 4.79 Å². The first-order valence-corrected chi connectivity index (χ1v) is 5.06. The number of amides is 2. The van der Waals surface area contributed by atoms with Gasteiger partial charge >= 0.3 is 6.03 Å². The van der Waals surface area contributed by atoms with Crippen LogP contribution in [0.1, 0.15) is 20.3 Å². The van der Waals surface area contributed by atoms with Gasteiger partial charge in [-0.15, -0.1) is 0 Å². The van der Waals surface area contributed by atoms with Crippen LogP contribution in [0.2, 0.25) is 0 Å². The van der Waals surface area contributed by atoms with Crippen LogP contribution in [0, 0.1) is 0 Å². The first-order chi connectivity index (χ1) is 7.04. The summed E-state index contributed by atoms with van der Waals surface area (Å²) in [6.07, 6.45) is 2.33. The normalized spacial score (nSPS) is 23.9. The van der Waals surface area contributed by atoms with Gasteiger partial charge in [0.05, 0.1) is 5.71 Å². The molecule has 1 aliphatic heterocycles. The van der Waals surface area contributed by atoms with Gasteiger partial charge in [-0.25, -0.2) is 4.79 Å². The van der Waals surface area contributed by atoms with E-state index in [9.17, 15) is 4.79 Å². The second-order valence-electron chi connectivity index (χ2n) is 3.90. The van der Waals surface area contributed by atoms with Crippen molar-refractivity contribution in [3.63, 3.8) is 0 Å². The number of rotatable bonds is 1. The lowest BCUT2D eigenvalue weighted by molar-refractivity contribution is 0.246. The molecule has 0 spiro atoms. The number of carbonyl (C=O) groups excluding carboxylic acids is 1. The molecule has 0 aromatic rings. The van der Waals surface area contributed by atoms with Crippen molar-refractivity contribution in [1.29, 1.82) is 0 Å². The van der Waals surface area contributed by atoms with Crippen molar-refractivity contribution in [2.75, 3.05) is 13.1 Å². The van der Waals surface area contributed by atoms with E-state index in [1.165, 1.54) is 6.20 Å². The fraction of sp³-hybridized carbons (Fsp3) is 0.600. The number of piperidine rings is 1. The fourth-order valence-electron chi connectivity index (χ4n) is 1.64. The Labute approximate surface area is 89.8 Å². The van der Waals surface area contributed by atoms with Crippen LogP contribution in [0.15, 0.2) is 16.8 Å². The number of hydrogen-bond donors (Lipinski definition) is 2. The minimum absolute atomic E-state index is 0.433. The van der Waals surface area contributed by atoms with Crippen molar-refractivity contribution in [2.24, 2.45) is 16.5 Å². The molecule has 1 fully saturated rings. The van der Waals surface area contributed by atoms with Gasteiger partial charge in [-0.05, 0) is 32.0 Å². The van der Waals surface area contributed by atoms with Crippen molar-refractivity contribution in [2.45, 2.75) is 26.3 Å². The zero-order valence-corrected chi connectivity index (χ0v) is 9.23. The van der Waals surface area contributed by atoms with Crippen LogP contribution in [-0.2, 0) is 0 Å². The topological polar surface area (TPSA) is 84.7 Å². The second kappa shape index (κ2) is 4.93. The molecule has 5 heteroatoms. The SMILES string of the molecule is CC(C)N1CCC(=C/N)/C(=N/C(N)=O)C1. The molecule has 0 unspecified atom stereocenters. The minimum atomic E-state index is -0.657. The van der Waals surface area contributed by atoms with Crippen molar-refractivity contribution >= 4 is 11.7 Å². The number of nitrogens with zero attached hydrogens (tertiary/aromatic N) is 2. The predicted molar refractivity (Wildman–Crippen MR) is 60.6 cm³/mol. The molecule has 1 rings (SSSR count). The largest absolute Gasteiger partial charge is 0.404 e. The monoisotopic (exact) mass is 210 g/mol. The van der Waals surface area contributed by atoms with Crippen molar-refractivity contribution in [3.8, 4) is 0 Å². The standard InChI is InChI=1S/C10H18N4O/c1-7(2)14-4-3-8(5-11)9(6-14)13-10(12)15/h5,7H,3-4,6,11H2,1-2H3,(H2,12,15)/b8-5-,13-9+. The molecule has 2 amide bonds. The highest BCUT2D eigenvalue weighted by Crippen LogP contribution is 2.15. The Hall–Kier alpha value is -1.36. The summed E-state index contributed by atoms with van der Waals surface area (Å²) < 4.78 is 0. The van der Waals surface area contributed by atoms with E-state index in [2.05, 4.69) is 23.7 Å². The van der Waals surface area contributed by atoms with Crippen molar-refractivity contribution < 1.29 is 4.79 Å². The maximum absolute atomic E-state index is 10.8. The Bertz CT molecular complexity index is 307. The highest BCUT2D eigenvalue weighted by atomic mass is 16.2. The van der Waals surface area contributed by atoms with Gasteiger partial charge in [-0.2, -0.15) is 4.99 Å². The van der Waals surface area contributed by atoms with E-state index < -0.39 is 6.03 Å². The third-order valence-corrected chi connectivity index (χ3v) is 2.57. The molecule has 84 valence electrons. The molecule has 0 saturated carbocycles. The molecule has 15 heavy (non-hydrogen) atoms. The van der Waals surface area contributed by atoms with E-state index in [-0.39, 0.29) is 0 Å². The average molecular weight is 210 g/mol. The Balaban J connectivity index is 2.84. The number of primary amides is 1. The van der Waals surface area contributed by atoms with Crippen molar-refractivity contribution in [3.05, 3.63) is 11.8 Å². The summed E-state index contributed by atoms with van der Waals surface area (Å²) in [6.45, 7) is 5.81. The number of urea groups is 1. The van der Waals surface area contributed by atoms with Crippen LogP contribution in [0.3, 0.4) is 0 Å². The van der Waals surface area contributed by atoms with Crippen LogP contribution >= 0.6 is 0 Å². The summed E-state index contributed by atoms with van der Waals surface area (Å²) in [4.78, 5) is 16.8. The zero-order chi connectivity index (χ0) is 11.4. The van der Waals surface area contributed by atoms with E-state index in [1.54, 1.807) is 0 Å². The molecule has 0 radical (unpaired) electrons. The summed E-state index contributed by atoms with van der Waals surface area (Å²) in [5.74, 6) is 0. The molecule has 1 saturated heterocycles. The minimum Gasteiger partial charge on any atom is -0.404 e. The third-order valence-electron chi connectivity index (χ3n) is 2.57.